The molecule has 1 unspecified atom stereocenters. The Morgan fingerprint density at radius 3 is 2.74 bits per heavy atom. The summed E-state index contributed by atoms with van der Waals surface area (Å²) in [4.78, 5) is 16.1. The molecule has 0 spiro atoms. The Morgan fingerprint density at radius 1 is 1.30 bits per heavy atom. The summed E-state index contributed by atoms with van der Waals surface area (Å²) in [5.41, 5.74) is 0.132. The van der Waals surface area contributed by atoms with Gasteiger partial charge in [0.05, 0.1) is 18.1 Å². The molecule has 0 aliphatic carbocycles. The fourth-order valence-corrected chi connectivity index (χ4v) is 4.35. The number of hydrogen-bond acceptors (Lipinski definition) is 4. The standard InChI is InChI=1S/C17H24F2N4O3S/c1-2-20-17(22-10-12-9-13(18)3-4-15(12)19)21-7-5-16(24)23-14-6-8-27(25,26)11-14/h3-4,9,14H,2,5-8,10-11H2,1H3,(H,23,24)(H2,20,21,22). The van der Waals surface area contributed by atoms with Crippen LogP contribution in [0.3, 0.4) is 0 Å². The fourth-order valence-electron chi connectivity index (χ4n) is 2.67. The van der Waals surface area contributed by atoms with Crippen LogP contribution in [0.5, 0.6) is 0 Å². The maximum Gasteiger partial charge on any atom is 0.222 e. The topological polar surface area (TPSA) is 99.7 Å². The zero-order valence-electron chi connectivity index (χ0n) is 15.1. The van der Waals surface area contributed by atoms with Gasteiger partial charge in [0.15, 0.2) is 15.8 Å². The molecular weight excluding hydrogens is 378 g/mol. The quantitative estimate of drug-likeness (QED) is 0.461. The molecule has 0 radical (unpaired) electrons. The highest BCUT2D eigenvalue weighted by molar-refractivity contribution is 7.91. The van der Waals surface area contributed by atoms with Gasteiger partial charge in [-0.25, -0.2) is 22.2 Å². The first-order chi connectivity index (χ1) is 12.8. The number of nitrogens with one attached hydrogen (secondary N) is 3. The molecule has 1 heterocycles. The van der Waals surface area contributed by atoms with Crippen LogP contribution >= 0.6 is 0 Å². The minimum absolute atomic E-state index is 0.0184. The van der Waals surface area contributed by atoms with Crippen molar-refractivity contribution in [2.24, 2.45) is 4.99 Å². The average molecular weight is 402 g/mol. The summed E-state index contributed by atoms with van der Waals surface area (Å²) < 4.78 is 49.6. The van der Waals surface area contributed by atoms with Crippen molar-refractivity contribution in [1.29, 1.82) is 0 Å². The average Bonchev–Trinajstić information content (AvgIpc) is 2.93. The molecule has 10 heteroatoms. The third-order valence-corrected chi connectivity index (χ3v) is 5.77. The predicted molar refractivity (Wildman–Crippen MR) is 99.0 cm³/mol. The van der Waals surface area contributed by atoms with Gasteiger partial charge in [0, 0.05) is 31.1 Å². The van der Waals surface area contributed by atoms with Gasteiger partial charge < -0.3 is 16.0 Å². The fraction of sp³-hybridized carbons (Fsp3) is 0.529. The Kier molecular flexibility index (Phi) is 7.52. The SMILES string of the molecule is CCNC(=NCc1cc(F)ccc1F)NCCC(=O)NC1CCS(=O)(=O)C1. The second-order valence-electron chi connectivity index (χ2n) is 6.28. The van der Waals surface area contributed by atoms with Crippen molar-refractivity contribution in [1.82, 2.24) is 16.0 Å². The number of aliphatic imine (C=N–C) groups is 1. The number of hydrogen-bond donors (Lipinski definition) is 3. The molecule has 0 saturated carbocycles. The lowest BCUT2D eigenvalue weighted by atomic mass is 10.2. The van der Waals surface area contributed by atoms with E-state index in [0.29, 0.717) is 18.9 Å². The highest BCUT2D eigenvalue weighted by atomic mass is 32.2. The Bertz CT molecular complexity index is 799. The van der Waals surface area contributed by atoms with E-state index in [9.17, 15) is 22.0 Å². The maximum atomic E-state index is 13.6. The molecule has 27 heavy (non-hydrogen) atoms. The molecular formula is C17H24F2N4O3S. The van der Waals surface area contributed by atoms with Gasteiger partial charge in [0.25, 0.3) is 0 Å². The van der Waals surface area contributed by atoms with Crippen molar-refractivity contribution in [2.45, 2.75) is 32.4 Å². The highest BCUT2D eigenvalue weighted by Gasteiger charge is 2.28. The smallest absolute Gasteiger partial charge is 0.222 e. The van der Waals surface area contributed by atoms with Crippen molar-refractivity contribution >= 4 is 21.7 Å². The van der Waals surface area contributed by atoms with Crippen molar-refractivity contribution in [3.05, 3.63) is 35.4 Å². The first-order valence-corrected chi connectivity index (χ1v) is 10.6. The Hall–Kier alpha value is -2.23. The van der Waals surface area contributed by atoms with Crippen LogP contribution in [-0.4, -0.2) is 50.9 Å². The van der Waals surface area contributed by atoms with Crippen molar-refractivity contribution in [3.8, 4) is 0 Å². The predicted octanol–water partition coefficient (Wildman–Crippen LogP) is 0.713. The molecule has 1 saturated heterocycles. The Labute approximate surface area is 157 Å². The van der Waals surface area contributed by atoms with Gasteiger partial charge in [-0.15, -0.1) is 0 Å². The third kappa shape index (κ3) is 7.12. The lowest BCUT2D eigenvalue weighted by molar-refractivity contribution is -0.121. The number of carbonyl (C=O) groups is 1. The largest absolute Gasteiger partial charge is 0.357 e. The number of nitrogens with zero attached hydrogens (tertiary/aromatic N) is 1. The lowest BCUT2D eigenvalue weighted by Gasteiger charge is -2.13. The summed E-state index contributed by atoms with van der Waals surface area (Å²) in [7, 11) is -3.04. The number of amides is 1. The molecule has 1 atom stereocenters. The van der Waals surface area contributed by atoms with E-state index in [1.54, 1.807) is 0 Å². The van der Waals surface area contributed by atoms with Gasteiger partial charge in [-0.3, -0.25) is 4.79 Å². The van der Waals surface area contributed by atoms with E-state index in [-0.39, 0.29) is 48.5 Å². The summed E-state index contributed by atoms with van der Waals surface area (Å²) in [5, 5.41) is 8.60. The van der Waals surface area contributed by atoms with Gasteiger partial charge in [-0.2, -0.15) is 0 Å². The molecule has 3 N–H and O–H groups in total. The van der Waals surface area contributed by atoms with Gasteiger partial charge in [-0.1, -0.05) is 0 Å². The van der Waals surface area contributed by atoms with E-state index in [2.05, 4.69) is 20.9 Å². The number of sulfone groups is 1. The van der Waals surface area contributed by atoms with Crippen molar-refractivity contribution < 1.29 is 22.0 Å². The van der Waals surface area contributed by atoms with E-state index < -0.39 is 21.5 Å². The first kappa shape index (κ1) is 21.1. The molecule has 0 aromatic heterocycles. The summed E-state index contributed by atoms with van der Waals surface area (Å²) in [6, 6.07) is 2.85. The van der Waals surface area contributed by atoms with Gasteiger partial charge >= 0.3 is 0 Å². The summed E-state index contributed by atoms with van der Waals surface area (Å²) in [5.74, 6) is -0.874. The van der Waals surface area contributed by atoms with E-state index in [1.807, 2.05) is 6.92 Å². The third-order valence-electron chi connectivity index (χ3n) is 4.00. The molecule has 1 fully saturated rings. The van der Waals surface area contributed by atoms with Crippen LogP contribution in [-0.2, 0) is 21.2 Å². The summed E-state index contributed by atoms with van der Waals surface area (Å²) in [6.45, 7) is 2.63. The van der Waals surface area contributed by atoms with E-state index in [1.165, 1.54) is 0 Å². The first-order valence-electron chi connectivity index (χ1n) is 8.75. The normalized spacial score (nSPS) is 18.9. The van der Waals surface area contributed by atoms with E-state index in [0.717, 1.165) is 18.2 Å². The molecule has 150 valence electrons. The van der Waals surface area contributed by atoms with Crippen LogP contribution in [0, 0.1) is 11.6 Å². The molecule has 1 aliphatic rings. The van der Waals surface area contributed by atoms with Crippen molar-refractivity contribution in [2.75, 3.05) is 24.6 Å². The number of halogens is 2. The second-order valence-corrected chi connectivity index (χ2v) is 8.50. The maximum absolute atomic E-state index is 13.6. The summed E-state index contributed by atoms with van der Waals surface area (Å²) >= 11 is 0. The molecule has 1 aromatic rings. The Morgan fingerprint density at radius 2 is 2.07 bits per heavy atom. The number of rotatable bonds is 7. The van der Waals surface area contributed by atoms with Crippen molar-refractivity contribution in [3.63, 3.8) is 0 Å². The minimum Gasteiger partial charge on any atom is -0.357 e. The number of benzene rings is 1. The second kappa shape index (κ2) is 9.63. The molecule has 1 amide bonds. The van der Waals surface area contributed by atoms with Gasteiger partial charge in [0.2, 0.25) is 5.91 Å². The highest BCUT2D eigenvalue weighted by Crippen LogP contribution is 2.11. The van der Waals surface area contributed by atoms with Crippen LogP contribution in [0.25, 0.3) is 0 Å². The van der Waals surface area contributed by atoms with Crippen LogP contribution in [0.1, 0.15) is 25.3 Å². The molecule has 1 aliphatic heterocycles. The molecule has 2 rings (SSSR count). The zero-order valence-corrected chi connectivity index (χ0v) is 15.9. The number of carbonyl (C=O) groups excluding carboxylic acids is 1. The lowest BCUT2D eigenvalue weighted by Crippen LogP contribution is -2.41. The Balaban J connectivity index is 1.81. The molecule has 7 nitrogen and oxygen atoms in total. The van der Waals surface area contributed by atoms with Gasteiger partial charge in [-0.05, 0) is 31.5 Å². The van der Waals surface area contributed by atoms with Crippen LogP contribution in [0.2, 0.25) is 0 Å². The summed E-state index contributed by atoms with van der Waals surface area (Å²) in [6.07, 6.45) is 0.570. The van der Waals surface area contributed by atoms with Crippen LogP contribution < -0.4 is 16.0 Å². The monoisotopic (exact) mass is 402 g/mol. The van der Waals surface area contributed by atoms with Crippen LogP contribution in [0.15, 0.2) is 23.2 Å². The van der Waals surface area contributed by atoms with E-state index in [4.69, 9.17) is 0 Å². The van der Waals surface area contributed by atoms with Crippen LogP contribution in [0.4, 0.5) is 8.78 Å². The number of guanidine groups is 1. The minimum atomic E-state index is -3.04. The molecule has 1 aromatic carbocycles. The van der Waals surface area contributed by atoms with Gasteiger partial charge in [0.1, 0.15) is 11.6 Å². The molecule has 0 bridgehead atoms. The van der Waals surface area contributed by atoms with E-state index >= 15 is 0 Å². The zero-order chi connectivity index (χ0) is 19.9.